The summed E-state index contributed by atoms with van der Waals surface area (Å²) in [5.74, 6) is -0.0364. The average Bonchev–Trinajstić information content (AvgIpc) is 2.90. The summed E-state index contributed by atoms with van der Waals surface area (Å²) in [6, 6.07) is 8.64. The van der Waals surface area contributed by atoms with Crippen LogP contribution in [0.15, 0.2) is 29.1 Å². The van der Waals surface area contributed by atoms with Crippen LogP contribution in [-0.2, 0) is 4.74 Å². The molecular formula is C16H11N3O3S. The number of nitrogens with one attached hydrogen (secondary N) is 1. The number of H-pyrrole nitrogens is 1. The molecule has 2 aromatic heterocycles. The van der Waals surface area contributed by atoms with E-state index in [1.54, 1.807) is 31.2 Å². The Morgan fingerprint density at radius 3 is 2.65 bits per heavy atom. The Labute approximate surface area is 135 Å². The van der Waals surface area contributed by atoms with Crippen LogP contribution >= 0.6 is 11.3 Å². The van der Waals surface area contributed by atoms with Crippen LogP contribution in [0.4, 0.5) is 0 Å². The number of benzene rings is 1. The summed E-state index contributed by atoms with van der Waals surface area (Å²) in [6.45, 7) is 1.74. The summed E-state index contributed by atoms with van der Waals surface area (Å²) < 4.78 is 4.65. The van der Waals surface area contributed by atoms with Gasteiger partial charge in [0, 0.05) is 5.56 Å². The van der Waals surface area contributed by atoms with Crippen molar-refractivity contribution in [3.63, 3.8) is 0 Å². The molecule has 6 nitrogen and oxygen atoms in total. The minimum absolute atomic E-state index is 0.280. The molecule has 2 heterocycles. The van der Waals surface area contributed by atoms with Crippen molar-refractivity contribution in [1.29, 1.82) is 5.26 Å². The monoisotopic (exact) mass is 325 g/mol. The van der Waals surface area contributed by atoms with E-state index in [9.17, 15) is 9.59 Å². The Bertz CT molecular complexity index is 1010. The van der Waals surface area contributed by atoms with E-state index in [0.29, 0.717) is 37.6 Å². The lowest BCUT2D eigenvalue weighted by Crippen LogP contribution is -2.09. The van der Waals surface area contributed by atoms with Crippen molar-refractivity contribution in [3.05, 3.63) is 50.6 Å². The fourth-order valence-electron chi connectivity index (χ4n) is 2.27. The molecular weight excluding hydrogens is 314 g/mol. The molecule has 0 radical (unpaired) electrons. The quantitative estimate of drug-likeness (QED) is 0.731. The van der Waals surface area contributed by atoms with Crippen molar-refractivity contribution in [2.24, 2.45) is 0 Å². The number of nitrogens with zero attached hydrogens (tertiary/aromatic N) is 2. The number of thiophene rings is 1. The number of fused-ring (bicyclic) bond motifs is 1. The number of nitriles is 1. The predicted octanol–water partition coefficient (Wildman–Crippen LogP) is 2.62. The fraction of sp³-hybridized carbons (Fsp3) is 0.125. The van der Waals surface area contributed by atoms with E-state index in [4.69, 9.17) is 5.26 Å². The number of carbonyl (C=O) groups is 1. The second-order valence-corrected chi connectivity index (χ2v) is 5.83. The topological polar surface area (TPSA) is 95.8 Å². The van der Waals surface area contributed by atoms with E-state index in [0.717, 1.165) is 0 Å². The van der Waals surface area contributed by atoms with Gasteiger partial charge >= 0.3 is 5.97 Å². The Kier molecular flexibility index (Phi) is 3.68. The highest BCUT2D eigenvalue weighted by molar-refractivity contribution is 7.19. The predicted molar refractivity (Wildman–Crippen MR) is 86.5 cm³/mol. The number of hydrogen-bond acceptors (Lipinski definition) is 6. The highest BCUT2D eigenvalue weighted by Gasteiger charge is 2.15. The van der Waals surface area contributed by atoms with Gasteiger partial charge in [0.25, 0.3) is 5.56 Å². The molecule has 0 aliphatic rings. The minimum atomic E-state index is -0.430. The maximum atomic E-state index is 12.3. The summed E-state index contributed by atoms with van der Waals surface area (Å²) in [7, 11) is 1.31. The van der Waals surface area contributed by atoms with Gasteiger partial charge in [-0.3, -0.25) is 4.79 Å². The van der Waals surface area contributed by atoms with E-state index in [1.807, 2.05) is 0 Å². The number of aromatic amines is 1. The van der Waals surface area contributed by atoms with E-state index >= 15 is 0 Å². The highest BCUT2D eigenvalue weighted by atomic mass is 32.1. The van der Waals surface area contributed by atoms with Crippen LogP contribution in [0.3, 0.4) is 0 Å². The maximum Gasteiger partial charge on any atom is 0.337 e. The average molecular weight is 325 g/mol. The number of aromatic nitrogens is 2. The third-order valence-electron chi connectivity index (χ3n) is 3.48. The number of esters is 1. The number of methoxy groups -OCH3 is 1. The normalized spacial score (nSPS) is 10.5. The molecule has 0 amide bonds. The number of ether oxygens (including phenoxy) is 1. The number of rotatable bonds is 2. The molecule has 0 unspecified atom stereocenters. The van der Waals surface area contributed by atoms with E-state index in [1.165, 1.54) is 18.4 Å². The molecule has 3 aromatic rings. The summed E-state index contributed by atoms with van der Waals surface area (Å²) >= 11 is 1.19. The van der Waals surface area contributed by atoms with Gasteiger partial charge in [-0.25, -0.2) is 9.78 Å². The molecule has 0 fully saturated rings. The molecule has 7 heteroatoms. The molecule has 1 aromatic carbocycles. The minimum Gasteiger partial charge on any atom is -0.465 e. The Morgan fingerprint density at radius 2 is 2.04 bits per heavy atom. The van der Waals surface area contributed by atoms with Gasteiger partial charge in [0.05, 0.1) is 18.1 Å². The Hall–Kier alpha value is -2.98. The SMILES string of the molecule is COC(=O)c1ccc(-c2nc3sc(C#N)c(C)c3c(=O)[nH]2)cc1. The van der Waals surface area contributed by atoms with Crippen LogP contribution in [0.2, 0.25) is 0 Å². The number of hydrogen-bond donors (Lipinski definition) is 1. The summed E-state index contributed by atoms with van der Waals surface area (Å²) in [4.78, 5) is 31.9. The molecule has 0 aliphatic heterocycles. The van der Waals surface area contributed by atoms with E-state index in [2.05, 4.69) is 20.8 Å². The van der Waals surface area contributed by atoms with Crippen LogP contribution < -0.4 is 5.56 Å². The maximum absolute atomic E-state index is 12.3. The first-order chi connectivity index (χ1) is 11.0. The lowest BCUT2D eigenvalue weighted by Gasteiger charge is -2.03. The number of carbonyl (C=O) groups excluding carboxylic acids is 1. The molecule has 0 saturated carbocycles. The van der Waals surface area contributed by atoms with Gasteiger partial charge in [-0.2, -0.15) is 5.26 Å². The second-order valence-electron chi connectivity index (χ2n) is 4.83. The summed E-state index contributed by atoms with van der Waals surface area (Å²) in [5.41, 5.74) is 1.45. The summed E-state index contributed by atoms with van der Waals surface area (Å²) in [5, 5.41) is 9.53. The van der Waals surface area contributed by atoms with Gasteiger partial charge in [0.2, 0.25) is 0 Å². The van der Waals surface area contributed by atoms with E-state index < -0.39 is 5.97 Å². The second kappa shape index (κ2) is 5.66. The van der Waals surface area contributed by atoms with Gasteiger partial charge < -0.3 is 9.72 Å². The third-order valence-corrected chi connectivity index (χ3v) is 4.57. The largest absolute Gasteiger partial charge is 0.465 e. The van der Waals surface area contributed by atoms with Crippen LogP contribution in [-0.4, -0.2) is 23.0 Å². The van der Waals surface area contributed by atoms with Crippen LogP contribution in [0.1, 0.15) is 20.8 Å². The molecule has 23 heavy (non-hydrogen) atoms. The molecule has 0 spiro atoms. The summed E-state index contributed by atoms with van der Waals surface area (Å²) in [6.07, 6.45) is 0. The van der Waals surface area contributed by atoms with Gasteiger partial charge in [-0.05, 0) is 24.6 Å². The zero-order chi connectivity index (χ0) is 16.6. The van der Waals surface area contributed by atoms with Crippen molar-refractivity contribution >= 4 is 27.5 Å². The number of aryl methyl sites for hydroxylation is 1. The molecule has 3 rings (SSSR count). The van der Waals surface area contributed by atoms with Crippen molar-refractivity contribution < 1.29 is 9.53 Å². The zero-order valence-electron chi connectivity index (χ0n) is 12.3. The van der Waals surface area contributed by atoms with Crippen molar-refractivity contribution in [1.82, 2.24) is 9.97 Å². The first kappa shape index (κ1) is 14.9. The molecule has 0 bridgehead atoms. The van der Waals surface area contributed by atoms with Gasteiger partial charge in [0.15, 0.2) is 0 Å². The van der Waals surface area contributed by atoms with Crippen molar-refractivity contribution in [2.75, 3.05) is 7.11 Å². The van der Waals surface area contributed by atoms with Crippen LogP contribution in [0.25, 0.3) is 21.6 Å². The molecule has 114 valence electrons. The van der Waals surface area contributed by atoms with Crippen molar-refractivity contribution in [3.8, 4) is 17.5 Å². The third kappa shape index (κ3) is 2.49. The molecule has 0 atom stereocenters. The standard InChI is InChI=1S/C16H11N3O3S/c1-8-11(7-17)23-15-12(8)14(20)18-13(19-15)9-3-5-10(6-4-9)16(21)22-2/h3-6H,1-2H3,(H,18,19,20). The van der Waals surface area contributed by atoms with Crippen LogP contribution in [0.5, 0.6) is 0 Å². The lowest BCUT2D eigenvalue weighted by molar-refractivity contribution is 0.0601. The first-order valence-electron chi connectivity index (χ1n) is 6.67. The lowest BCUT2D eigenvalue weighted by atomic mass is 10.1. The molecule has 0 aliphatic carbocycles. The molecule has 0 saturated heterocycles. The van der Waals surface area contributed by atoms with Crippen molar-refractivity contribution in [2.45, 2.75) is 6.92 Å². The first-order valence-corrected chi connectivity index (χ1v) is 7.49. The zero-order valence-corrected chi connectivity index (χ0v) is 13.2. The fourth-order valence-corrected chi connectivity index (χ4v) is 3.25. The van der Waals surface area contributed by atoms with E-state index in [-0.39, 0.29) is 5.56 Å². The highest BCUT2D eigenvalue weighted by Crippen LogP contribution is 2.27. The van der Waals surface area contributed by atoms with Gasteiger partial charge in [-0.15, -0.1) is 11.3 Å². The van der Waals surface area contributed by atoms with Gasteiger partial charge in [0.1, 0.15) is 21.6 Å². The Morgan fingerprint density at radius 1 is 1.35 bits per heavy atom. The van der Waals surface area contributed by atoms with Crippen LogP contribution in [0, 0.1) is 18.3 Å². The smallest absolute Gasteiger partial charge is 0.337 e. The Balaban J connectivity index is 2.12. The van der Waals surface area contributed by atoms with Gasteiger partial charge in [-0.1, -0.05) is 12.1 Å². The molecule has 1 N–H and O–H groups in total.